The van der Waals surface area contributed by atoms with E-state index in [9.17, 15) is 9.59 Å². The number of fused-ring (bicyclic) bond motifs is 1. The monoisotopic (exact) mass is 527 g/mol. The summed E-state index contributed by atoms with van der Waals surface area (Å²) in [6.45, 7) is 7.56. The molecule has 2 aromatic rings. The summed E-state index contributed by atoms with van der Waals surface area (Å²) in [4.78, 5) is 38.8. The van der Waals surface area contributed by atoms with Crippen molar-refractivity contribution in [1.29, 1.82) is 0 Å². The number of rotatable bonds is 13. The molecular formula is C28H41N5O5. The molecule has 1 aromatic carbocycles. The Kier molecular flexibility index (Phi) is 10.9. The minimum atomic E-state index is -0.372. The fraction of sp³-hybridized carbons (Fsp3) is 0.643. The van der Waals surface area contributed by atoms with Crippen molar-refractivity contribution >= 4 is 40.2 Å². The van der Waals surface area contributed by atoms with Crippen LogP contribution in [0.25, 0.3) is 11.0 Å². The van der Waals surface area contributed by atoms with Crippen LogP contribution in [0.4, 0.5) is 17.3 Å². The van der Waals surface area contributed by atoms with Gasteiger partial charge < -0.3 is 29.3 Å². The van der Waals surface area contributed by atoms with Gasteiger partial charge in [-0.3, -0.25) is 9.59 Å². The quantitative estimate of drug-likeness (QED) is 0.306. The largest absolute Gasteiger partial charge is 0.456 e. The van der Waals surface area contributed by atoms with E-state index in [1.54, 1.807) is 6.07 Å². The zero-order valence-corrected chi connectivity index (χ0v) is 22.6. The van der Waals surface area contributed by atoms with Crippen molar-refractivity contribution in [2.24, 2.45) is 0 Å². The lowest BCUT2D eigenvalue weighted by Crippen LogP contribution is -2.41. The summed E-state index contributed by atoms with van der Waals surface area (Å²) in [6, 6.07) is 5.47. The molecule has 38 heavy (non-hydrogen) atoms. The molecule has 10 heteroatoms. The average Bonchev–Trinajstić information content (AvgIpc) is 2.96. The molecule has 2 saturated heterocycles. The first kappa shape index (κ1) is 28.0. The van der Waals surface area contributed by atoms with Crippen molar-refractivity contribution in [3.63, 3.8) is 0 Å². The Balaban J connectivity index is 1.33. The molecule has 208 valence electrons. The number of nitrogens with zero attached hydrogens (tertiary/aromatic N) is 4. The lowest BCUT2D eigenvalue weighted by molar-refractivity contribution is -0.147. The van der Waals surface area contributed by atoms with Crippen molar-refractivity contribution in [3.8, 4) is 0 Å². The molecule has 4 rings (SSSR count). The molecule has 0 radical (unpaired) electrons. The van der Waals surface area contributed by atoms with Crippen molar-refractivity contribution in [2.45, 2.75) is 58.3 Å². The van der Waals surface area contributed by atoms with Gasteiger partial charge in [-0.2, -0.15) is 0 Å². The predicted molar refractivity (Wildman–Crippen MR) is 148 cm³/mol. The number of carbonyl (C=O) groups is 2. The minimum absolute atomic E-state index is 0.298. The number of aromatic nitrogens is 2. The molecule has 3 heterocycles. The molecule has 0 spiro atoms. The van der Waals surface area contributed by atoms with Crippen molar-refractivity contribution in [1.82, 2.24) is 9.97 Å². The summed E-state index contributed by atoms with van der Waals surface area (Å²) in [5, 5.41) is 2.82. The van der Waals surface area contributed by atoms with Crippen LogP contribution >= 0.6 is 0 Å². The predicted octanol–water partition coefficient (Wildman–Crippen LogP) is 3.93. The van der Waals surface area contributed by atoms with Crippen LogP contribution in [-0.4, -0.2) is 81.1 Å². The number of morpholine rings is 2. The van der Waals surface area contributed by atoms with Gasteiger partial charge in [0.2, 0.25) is 0 Å². The summed E-state index contributed by atoms with van der Waals surface area (Å²) in [6.07, 6.45) is 8.27. The lowest BCUT2D eigenvalue weighted by atomic mass is 10.1. The Bertz CT molecular complexity index is 1050. The van der Waals surface area contributed by atoms with E-state index in [2.05, 4.69) is 22.0 Å². The Morgan fingerprint density at radius 1 is 0.842 bits per heavy atom. The first-order valence-electron chi connectivity index (χ1n) is 14.1. The number of hydrogen-bond acceptors (Lipinski definition) is 9. The maximum Gasteiger partial charge on any atom is 0.306 e. The highest BCUT2D eigenvalue weighted by molar-refractivity contribution is 5.95. The number of unbranched alkanes of at least 4 members (excludes halogenated alkanes) is 6. The molecule has 0 atom stereocenters. The summed E-state index contributed by atoms with van der Waals surface area (Å²) < 4.78 is 16.2. The number of anilines is 3. The minimum Gasteiger partial charge on any atom is -0.456 e. The number of esters is 1. The maximum atomic E-state index is 12.4. The van der Waals surface area contributed by atoms with Crippen LogP contribution in [-0.2, 0) is 23.8 Å². The third kappa shape index (κ3) is 8.26. The second kappa shape index (κ2) is 14.8. The first-order chi connectivity index (χ1) is 18.6. The summed E-state index contributed by atoms with van der Waals surface area (Å²) in [7, 11) is 0. The molecular weight excluding hydrogens is 486 g/mol. The van der Waals surface area contributed by atoms with Crippen LogP contribution in [0.5, 0.6) is 0 Å². The molecule has 1 amide bonds. The van der Waals surface area contributed by atoms with E-state index in [0.29, 0.717) is 44.1 Å². The van der Waals surface area contributed by atoms with Gasteiger partial charge in [-0.1, -0.05) is 45.4 Å². The maximum absolute atomic E-state index is 12.4. The van der Waals surface area contributed by atoms with Crippen LogP contribution < -0.4 is 15.1 Å². The highest BCUT2D eigenvalue weighted by atomic mass is 16.5. The Morgan fingerprint density at radius 2 is 1.42 bits per heavy atom. The standard InChI is InChI=1S/C28H41N5O5/c1-2-3-4-5-6-7-8-9-26(35)38-21-25(34)29-22-10-11-23-24(20-22)31-28(33-14-18-37-19-15-33)27(30-23)32-12-16-36-17-13-32/h10-11,20H,2-9,12-19,21H2,1H3,(H,29,34). The van der Waals surface area contributed by atoms with E-state index in [0.717, 1.165) is 62.6 Å². The Hall–Kier alpha value is -2.98. The second-order valence-electron chi connectivity index (χ2n) is 9.85. The second-order valence-corrected chi connectivity index (χ2v) is 9.85. The van der Waals surface area contributed by atoms with Gasteiger partial charge in [0.15, 0.2) is 18.2 Å². The van der Waals surface area contributed by atoms with Gasteiger partial charge in [0.05, 0.1) is 37.5 Å². The fourth-order valence-electron chi connectivity index (χ4n) is 4.73. The van der Waals surface area contributed by atoms with Crippen LogP contribution in [0, 0.1) is 0 Å². The molecule has 2 fully saturated rings. The third-order valence-corrected chi connectivity index (χ3v) is 6.88. The number of nitrogens with one attached hydrogen (secondary N) is 1. The van der Waals surface area contributed by atoms with E-state index < -0.39 is 0 Å². The molecule has 0 unspecified atom stereocenters. The number of carbonyl (C=O) groups excluding carboxylic acids is 2. The molecule has 1 N–H and O–H groups in total. The number of benzene rings is 1. The van der Waals surface area contributed by atoms with E-state index in [-0.39, 0.29) is 18.5 Å². The van der Waals surface area contributed by atoms with Crippen molar-refractivity contribution in [3.05, 3.63) is 18.2 Å². The normalized spacial score (nSPS) is 16.0. The average molecular weight is 528 g/mol. The SMILES string of the molecule is CCCCCCCCCC(=O)OCC(=O)Nc1ccc2nc(N3CCOCC3)c(N3CCOCC3)nc2c1. The number of hydrogen-bond donors (Lipinski definition) is 1. The zero-order chi connectivity index (χ0) is 26.6. The van der Waals surface area contributed by atoms with Gasteiger partial charge in [-0.15, -0.1) is 0 Å². The van der Waals surface area contributed by atoms with Crippen molar-refractivity contribution in [2.75, 3.05) is 74.3 Å². The van der Waals surface area contributed by atoms with Gasteiger partial charge in [0.1, 0.15) is 0 Å². The van der Waals surface area contributed by atoms with Crippen molar-refractivity contribution < 1.29 is 23.8 Å². The van der Waals surface area contributed by atoms with Crippen LogP contribution in [0.1, 0.15) is 58.3 Å². The van der Waals surface area contributed by atoms with Crippen LogP contribution in [0.15, 0.2) is 18.2 Å². The number of amides is 1. The van der Waals surface area contributed by atoms with Crippen LogP contribution in [0.3, 0.4) is 0 Å². The lowest BCUT2D eigenvalue weighted by Gasteiger charge is -2.34. The van der Waals surface area contributed by atoms with E-state index in [1.165, 1.54) is 25.7 Å². The summed E-state index contributed by atoms with van der Waals surface area (Å²) in [5.41, 5.74) is 2.03. The molecule has 1 aromatic heterocycles. The molecule has 2 aliphatic heterocycles. The highest BCUT2D eigenvalue weighted by Gasteiger charge is 2.24. The molecule has 2 aliphatic rings. The smallest absolute Gasteiger partial charge is 0.306 e. The van der Waals surface area contributed by atoms with Gasteiger partial charge in [-0.25, -0.2) is 9.97 Å². The zero-order valence-electron chi connectivity index (χ0n) is 22.6. The van der Waals surface area contributed by atoms with E-state index in [4.69, 9.17) is 24.2 Å². The Labute approximate surface area is 225 Å². The molecule has 10 nitrogen and oxygen atoms in total. The van der Waals surface area contributed by atoms with E-state index in [1.807, 2.05) is 12.1 Å². The van der Waals surface area contributed by atoms with Gasteiger partial charge in [0, 0.05) is 38.3 Å². The number of ether oxygens (including phenoxy) is 3. The fourth-order valence-corrected chi connectivity index (χ4v) is 4.73. The summed E-state index contributed by atoms with van der Waals surface area (Å²) >= 11 is 0. The highest BCUT2D eigenvalue weighted by Crippen LogP contribution is 2.30. The van der Waals surface area contributed by atoms with Crippen LogP contribution in [0.2, 0.25) is 0 Å². The van der Waals surface area contributed by atoms with Gasteiger partial charge >= 0.3 is 5.97 Å². The topological polar surface area (TPSA) is 106 Å². The summed E-state index contributed by atoms with van der Waals surface area (Å²) in [5.74, 6) is 0.977. The Morgan fingerprint density at radius 3 is 2.05 bits per heavy atom. The third-order valence-electron chi connectivity index (χ3n) is 6.88. The molecule has 0 bridgehead atoms. The van der Waals surface area contributed by atoms with Gasteiger partial charge in [-0.05, 0) is 24.6 Å². The molecule has 0 saturated carbocycles. The molecule has 0 aliphatic carbocycles. The first-order valence-corrected chi connectivity index (χ1v) is 14.1. The van der Waals surface area contributed by atoms with Gasteiger partial charge in [0.25, 0.3) is 5.91 Å². The van der Waals surface area contributed by atoms with E-state index >= 15 is 0 Å².